The number of nitrogens with one attached hydrogen (secondary N) is 1. The van der Waals surface area contributed by atoms with Gasteiger partial charge in [0, 0.05) is 18.0 Å². The van der Waals surface area contributed by atoms with Crippen molar-refractivity contribution >= 4 is 5.91 Å². The Hall–Kier alpha value is -1.91. The second kappa shape index (κ2) is 8.64. The molecule has 5 rings (SSSR count). The van der Waals surface area contributed by atoms with Gasteiger partial charge in [0.15, 0.2) is 0 Å². The molecular weight excluding hydrogens is 422 g/mol. The van der Waals surface area contributed by atoms with Crippen molar-refractivity contribution in [1.82, 2.24) is 5.32 Å². The molecule has 0 aromatic heterocycles. The van der Waals surface area contributed by atoms with Crippen LogP contribution in [0.15, 0.2) is 54.6 Å². The maximum Gasteiger partial charge on any atom is 0.251 e. The number of aliphatic hydroxyl groups is 2. The van der Waals surface area contributed by atoms with Gasteiger partial charge in [0.25, 0.3) is 5.91 Å². The summed E-state index contributed by atoms with van der Waals surface area (Å²) in [6.45, 7) is 9.27. The second-order valence-corrected chi connectivity index (χ2v) is 12.1. The highest BCUT2D eigenvalue weighted by atomic mass is 16.3. The highest BCUT2D eigenvalue weighted by molar-refractivity contribution is 5.94. The van der Waals surface area contributed by atoms with Gasteiger partial charge in [-0.05, 0) is 92.1 Å². The van der Waals surface area contributed by atoms with Crippen LogP contribution in [0.25, 0.3) is 0 Å². The van der Waals surface area contributed by atoms with Gasteiger partial charge >= 0.3 is 0 Å². The summed E-state index contributed by atoms with van der Waals surface area (Å²) in [7, 11) is 0. The minimum absolute atomic E-state index is 0.00275. The topological polar surface area (TPSA) is 69.6 Å². The Kier molecular flexibility index (Phi) is 6.05. The fraction of sp³-hybridized carbons (Fsp3) is 0.633. The van der Waals surface area contributed by atoms with Gasteiger partial charge in [-0.2, -0.15) is 0 Å². The summed E-state index contributed by atoms with van der Waals surface area (Å²) >= 11 is 0. The van der Waals surface area contributed by atoms with Crippen molar-refractivity contribution in [3.63, 3.8) is 0 Å². The molecule has 4 heteroatoms. The standard InChI is InChI=1S/C30H41NO3/c1-4-14-30(34)18-25-23-11-10-21-17-22(32)12-15-28(21,2)24(23)13-16-29(25,3)26(30)19-31-27(33)20-8-6-5-7-9-20/h4-10,22-26,32,34H,1,11-19H2,2-3H3,(H,31,33)/t22-,23+,24-,25-,26+,28-,29-,30-/m0/s1. The molecule has 4 nitrogen and oxygen atoms in total. The first-order chi connectivity index (χ1) is 16.2. The fourth-order valence-corrected chi connectivity index (χ4v) is 8.73. The number of hydrogen-bond donors (Lipinski definition) is 3. The SMILES string of the molecule is C=CC[C@]1(O)C[C@H]2[C@@H]3CC=C4C[C@@H](O)CC[C@]4(C)[C@H]3CC[C@]2(C)[C@H]1CNC(=O)c1ccccc1. The highest BCUT2D eigenvalue weighted by Crippen LogP contribution is 2.68. The molecule has 3 saturated carbocycles. The lowest BCUT2D eigenvalue weighted by Crippen LogP contribution is -2.52. The number of hydrogen-bond acceptors (Lipinski definition) is 3. The zero-order chi connectivity index (χ0) is 24.1. The average Bonchev–Trinajstić information content (AvgIpc) is 3.05. The number of carbonyl (C=O) groups is 1. The van der Waals surface area contributed by atoms with Crippen molar-refractivity contribution in [1.29, 1.82) is 0 Å². The summed E-state index contributed by atoms with van der Waals surface area (Å²) < 4.78 is 0. The van der Waals surface area contributed by atoms with Crippen molar-refractivity contribution in [2.24, 2.45) is 34.5 Å². The predicted molar refractivity (Wildman–Crippen MR) is 135 cm³/mol. The third-order valence-corrected chi connectivity index (χ3v) is 10.5. The summed E-state index contributed by atoms with van der Waals surface area (Å²) in [4.78, 5) is 12.8. The van der Waals surface area contributed by atoms with Crippen LogP contribution in [0.2, 0.25) is 0 Å². The van der Waals surface area contributed by atoms with E-state index in [0.29, 0.717) is 36.3 Å². The summed E-state index contributed by atoms with van der Waals surface area (Å²) in [5.41, 5.74) is 1.46. The van der Waals surface area contributed by atoms with Gasteiger partial charge in [0.05, 0.1) is 11.7 Å². The average molecular weight is 464 g/mol. The van der Waals surface area contributed by atoms with E-state index in [1.165, 1.54) is 5.57 Å². The normalized spacial score (nSPS) is 43.2. The lowest BCUT2D eigenvalue weighted by molar-refractivity contribution is -0.0588. The van der Waals surface area contributed by atoms with Gasteiger partial charge in [-0.15, -0.1) is 6.58 Å². The first-order valence-corrected chi connectivity index (χ1v) is 13.3. The Labute approximate surface area is 204 Å². The minimum Gasteiger partial charge on any atom is -0.393 e. The van der Waals surface area contributed by atoms with Crippen LogP contribution in [0.1, 0.15) is 75.6 Å². The molecule has 1 aromatic rings. The van der Waals surface area contributed by atoms with Crippen molar-refractivity contribution < 1.29 is 15.0 Å². The number of aliphatic hydroxyl groups excluding tert-OH is 1. The van der Waals surface area contributed by atoms with E-state index in [4.69, 9.17) is 0 Å². The van der Waals surface area contributed by atoms with E-state index in [2.05, 4.69) is 31.8 Å². The lowest BCUT2D eigenvalue weighted by atomic mass is 9.47. The Morgan fingerprint density at radius 1 is 1.18 bits per heavy atom. The maximum absolute atomic E-state index is 12.8. The number of carbonyl (C=O) groups excluding carboxylic acids is 1. The Morgan fingerprint density at radius 2 is 1.94 bits per heavy atom. The number of benzene rings is 1. The number of fused-ring (bicyclic) bond motifs is 5. The van der Waals surface area contributed by atoms with Gasteiger partial charge in [0.2, 0.25) is 0 Å². The van der Waals surface area contributed by atoms with E-state index < -0.39 is 5.60 Å². The number of rotatable bonds is 5. The zero-order valence-corrected chi connectivity index (χ0v) is 20.8. The largest absolute Gasteiger partial charge is 0.393 e. The van der Waals surface area contributed by atoms with Crippen LogP contribution >= 0.6 is 0 Å². The molecule has 0 radical (unpaired) electrons. The molecular formula is C30H41NO3. The molecule has 3 fully saturated rings. The molecule has 4 aliphatic carbocycles. The van der Waals surface area contributed by atoms with Gasteiger partial charge in [0.1, 0.15) is 0 Å². The third-order valence-electron chi connectivity index (χ3n) is 10.5. The molecule has 4 aliphatic rings. The molecule has 1 amide bonds. The van der Waals surface area contributed by atoms with Gasteiger partial charge in [-0.25, -0.2) is 0 Å². The second-order valence-electron chi connectivity index (χ2n) is 12.1. The lowest BCUT2D eigenvalue weighted by Gasteiger charge is -2.58. The highest BCUT2D eigenvalue weighted by Gasteiger charge is 2.64. The molecule has 1 aromatic carbocycles. The predicted octanol–water partition coefficient (Wildman–Crippen LogP) is 5.27. The van der Waals surface area contributed by atoms with Gasteiger partial charge in [-0.3, -0.25) is 4.79 Å². The zero-order valence-electron chi connectivity index (χ0n) is 20.8. The number of amides is 1. The van der Waals surface area contributed by atoms with Crippen LogP contribution in [0, 0.1) is 34.5 Å². The van der Waals surface area contributed by atoms with Crippen LogP contribution in [0.3, 0.4) is 0 Å². The molecule has 0 spiro atoms. The quantitative estimate of drug-likeness (QED) is 0.521. The van der Waals surface area contributed by atoms with Gasteiger partial charge < -0.3 is 15.5 Å². The van der Waals surface area contributed by atoms with E-state index in [-0.39, 0.29) is 28.8 Å². The van der Waals surface area contributed by atoms with E-state index in [1.54, 1.807) is 0 Å². The van der Waals surface area contributed by atoms with Crippen molar-refractivity contribution in [2.45, 2.75) is 76.9 Å². The first-order valence-electron chi connectivity index (χ1n) is 13.3. The van der Waals surface area contributed by atoms with E-state index in [0.717, 1.165) is 44.9 Å². The van der Waals surface area contributed by atoms with Crippen molar-refractivity contribution in [3.05, 3.63) is 60.2 Å². The van der Waals surface area contributed by atoms with Crippen molar-refractivity contribution in [3.8, 4) is 0 Å². The number of allylic oxidation sites excluding steroid dienone is 1. The van der Waals surface area contributed by atoms with Crippen LogP contribution in [0.5, 0.6) is 0 Å². The van der Waals surface area contributed by atoms with Crippen LogP contribution in [-0.2, 0) is 0 Å². The maximum atomic E-state index is 12.8. The Bertz CT molecular complexity index is 973. The Morgan fingerprint density at radius 3 is 2.68 bits per heavy atom. The summed E-state index contributed by atoms with van der Waals surface area (Å²) in [6, 6.07) is 9.35. The molecule has 184 valence electrons. The van der Waals surface area contributed by atoms with Crippen molar-refractivity contribution in [2.75, 3.05) is 6.54 Å². The van der Waals surface area contributed by atoms with Crippen LogP contribution in [0.4, 0.5) is 0 Å². The third kappa shape index (κ3) is 3.69. The summed E-state index contributed by atoms with van der Waals surface area (Å²) in [6.07, 6.45) is 11.5. The van der Waals surface area contributed by atoms with Crippen LogP contribution in [-0.4, -0.2) is 34.4 Å². The van der Waals surface area contributed by atoms with E-state index in [1.807, 2.05) is 36.4 Å². The monoisotopic (exact) mass is 463 g/mol. The molecule has 0 heterocycles. The Balaban J connectivity index is 1.42. The summed E-state index contributed by atoms with van der Waals surface area (Å²) in [5.74, 6) is 1.53. The van der Waals surface area contributed by atoms with E-state index in [9.17, 15) is 15.0 Å². The molecule has 8 atom stereocenters. The molecule has 0 aliphatic heterocycles. The smallest absolute Gasteiger partial charge is 0.251 e. The van der Waals surface area contributed by atoms with Gasteiger partial charge in [-0.1, -0.05) is 49.8 Å². The first kappa shape index (κ1) is 23.8. The van der Waals surface area contributed by atoms with Crippen LogP contribution < -0.4 is 5.32 Å². The molecule has 0 bridgehead atoms. The summed E-state index contributed by atoms with van der Waals surface area (Å²) in [5, 5.41) is 25.4. The molecule has 34 heavy (non-hydrogen) atoms. The minimum atomic E-state index is -0.840. The molecule has 3 N–H and O–H groups in total. The van der Waals surface area contributed by atoms with E-state index >= 15 is 0 Å². The fourth-order valence-electron chi connectivity index (χ4n) is 8.73. The molecule has 0 unspecified atom stereocenters. The molecule has 0 saturated heterocycles.